The molecular formula is C22H26N2O6. The fourth-order valence-electron chi connectivity index (χ4n) is 2.89. The molecule has 0 saturated heterocycles. The van der Waals surface area contributed by atoms with Gasteiger partial charge in [-0.3, -0.25) is 9.59 Å². The zero-order valence-electron chi connectivity index (χ0n) is 17.2. The maximum atomic E-state index is 12.8. The number of furan rings is 1. The third kappa shape index (κ3) is 6.58. The second-order valence-corrected chi connectivity index (χ2v) is 7.25. The maximum absolute atomic E-state index is 12.8. The highest BCUT2D eigenvalue weighted by molar-refractivity contribution is 5.97. The Morgan fingerprint density at radius 2 is 1.70 bits per heavy atom. The van der Waals surface area contributed by atoms with Crippen LogP contribution in [0, 0.1) is 5.92 Å². The summed E-state index contributed by atoms with van der Waals surface area (Å²) in [6.07, 6.45) is 1.38. The molecule has 0 fully saturated rings. The van der Waals surface area contributed by atoms with E-state index in [1.807, 2.05) is 44.2 Å². The minimum absolute atomic E-state index is 0.104. The molecule has 0 aliphatic carbocycles. The maximum Gasteiger partial charge on any atom is 0.373 e. The van der Waals surface area contributed by atoms with Crippen molar-refractivity contribution < 1.29 is 28.3 Å². The highest BCUT2D eigenvalue weighted by atomic mass is 16.5. The molecule has 1 aromatic carbocycles. The number of carbonyl (C=O) groups is 4. The molecule has 2 N–H and O–H groups in total. The topological polar surface area (TPSA) is 115 Å². The number of carbonyl (C=O) groups excluding carboxylic acids is 4. The summed E-state index contributed by atoms with van der Waals surface area (Å²) in [5, 5.41) is 5.30. The number of hydrogen-bond acceptors (Lipinski definition) is 6. The summed E-state index contributed by atoms with van der Waals surface area (Å²) in [4.78, 5) is 48.2. The van der Waals surface area contributed by atoms with Gasteiger partial charge in [0.15, 0.2) is 5.76 Å². The number of rotatable bonds is 10. The molecule has 0 spiro atoms. The van der Waals surface area contributed by atoms with Gasteiger partial charge < -0.3 is 24.6 Å². The van der Waals surface area contributed by atoms with Crippen LogP contribution in [0.5, 0.6) is 0 Å². The number of ether oxygens (including phenoxy) is 1. The van der Waals surface area contributed by atoms with Gasteiger partial charge >= 0.3 is 5.97 Å². The van der Waals surface area contributed by atoms with E-state index in [1.165, 1.54) is 19.2 Å². The lowest BCUT2D eigenvalue weighted by atomic mass is 10.0. The van der Waals surface area contributed by atoms with Gasteiger partial charge in [-0.25, -0.2) is 4.79 Å². The van der Waals surface area contributed by atoms with Crippen molar-refractivity contribution >= 4 is 24.1 Å². The summed E-state index contributed by atoms with van der Waals surface area (Å²) >= 11 is 0. The van der Waals surface area contributed by atoms with Crippen LogP contribution in [0.1, 0.15) is 46.9 Å². The fourth-order valence-corrected chi connectivity index (χ4v) is 2.89. The van der Waals surface area contributed by atoms with Crippen LogP contribution in [-0.2, 0) is 20.7 Å². The van der Waals surface area contributed by atoms with E-state index in [9.17, 15) is 19.2 Å². The van der Waals surface area contributed by atoms with Crippen LogP contribution in [0.25, 0.3) is 0 Å². The van der Waals surface area contributed by atoms with Crippen LogP contribution in [0.4, 0.5) is 0 Å². The van der Waals surface area contributed by atoms with Crippen LogP contribution in [0.3, 0.4) is 0 Å². The van der Waals surface area contributed by atoms with Crippen molar-refractivity contribution in [1.82, 2.24) is 10.6 Å². The lowest BCUT2D eigenvalue weighted by molar-refractivity contribution is -0.126. The number of aldehydes is 1. The zero-order valence-corrected chi connectivity index (χ0v) is 17.2. The fraction of sp³-hybridized carbons (Fsp3) is 0.364. The molecule has 0 bridgehead atoms. The Morgan fingerprint density at radius 3 is 2.30 bits per heavy atom. The Labute approximate surface area is 175 Å². The summed E-state index contributed by atoms with van der Waals surface area (Å²) < 4.78 is 9.74. The third-order valence-corrected chi connectivity index (χ3v) is 4.34. The van der Waals surface area contributed by atoms with Gasteiger partial charge in [0.25, 0.3) is 5.91 Å². The van der Waals surface area contributed by atoms with Crippen molar-refractivity contribution in [3.05, 3.63) is 59.5 Å². The average Bonchev–Trinajstić information content (AvgIpc) is 3.23. The molecular weight excluding hydrogens is 388 g/mol. The molecule has 30 heavy (non-hydrogen) atoms. The highest BCUT2D eigenvalue weighted by Crippen LogP contribution is 2.12. The summed E-state index contributed by atoms with van der Waals surface area (Å²) in [6, 6.07) is 10.4. The van der Waals surface area contributed by atoms with Crippen molar-refractivity contribution in [1.29, 1.82) is 0 Å². The first-order chi connectivity index (χ1) is 14.3. The monoisotopic (exact) mass is 414 g/mol. The van der Waals surface area contributed by atoms with Gasteiger partial charge in [0.05, 0.1) is 13.2 Å². The minimum atomic E-state index is -0.873. The number of esters is 1. The molecule has 1 heterocycles. The molecule has 0 radical (unpaired) electrons. The quantitative estimate of drug-likeness (QED) is 0.455. The summed E-state index contributed by atoms with van der Waals surface area (Å²) in [5.41, 5.74) is 0.908. The molecule has 2 rings (SSSR count). The highest BCUT2D eigenvalue weighted by Gasteiger charge is 2.26. The Kier molecular flexibility index (Phi) is 8.34. The molecule has 1 aromatic heterocycles. The molecule has 8 heteroatoms. The van der Waals surface area contributed by atoms with E-state index >= 15 is 0 Å². The molecule has 0 aliphatic rings. The van der Waals surface area contributed by atoms with E-state index in [2.05, 4.69) is 15.4 Å². The molecule has 2 atom stereocenters. The lowest BCUT2D eigenvalue weighted by Crippen LogP contribution is -2.51. The van der Waals surface area contributed by atoms with Crippen molar-refractivity contribution in [3.8, 4) is 0 Å². The normalized spacial score (nSPS) is 12.7. The zero-order chi connectivity index (χ0) is 22.1. The predicted molar refractivity (Wildman–Crippen MR) is 109 cm³/mol. The standard InChI is InChI=1S/C22H26N2O6/c1-14(2)11-17(24-21(27)18-9-10-19(30-18)22(28)29-3)20(26)23-16(13-25)12-15-7-5-4-6-8-15/h4-10,13-14,16-17H,11-12H2,1-3H3,(H,23,26)(H,24,27)/t16?,17-/m0/s1. The smallest absolute Gasteiger partial charge is 0.373 e. The number of nitrogens with one attached hydrogen (secondary N) is 2. The van der Waals surface area contributed by atoms with Gasteiger partial charge in [-0.1, -0.05) is 44.2 Å². The molecule has 8 nitrogen and oxygen atoms in total. The van der Waals surface area contributed by atoms with E-state index in [1.54, 1.807) is 0 Å². The second-order valence-electron chi connectivity index (χ2n) is 7.25. The Bertz CT molecular complexity index is 875. The van der Waals surface area contributed by atoms with E-state index in [0.717, 1.165) is 5.56 Å². The first-order valence-corrected chi connectivity index (χ1v) is 9.62. The van der Waals surface area contributed by atoms with E-state index in [-0.39, 0.29) is 17.4 Å². The second kappa shape index (κ2) is 10.9. The van der Waals surface area contributed by atoms with Gasteiger partial charge in [-0.2, -0.15) is 0 Å². The average molecular weight is 414 g/mol. The lowest BCUT2D eigenvalue weighted by Gasteiger charge is -2.22. The van der Waals surface area contributed by atoms with E-state index in [0.29, 0.717) is 19.1 Å². The van der Waals surface area contributed by atoms with E-state index in [4.69, 9.17) is 4.42 Å². The first-order valence-electron chi connectivity index (χ1n) is 9.62. The van der Waals surface area contributed by atoms with Crippen molar-refractivity contribution in [3.63, 3.8) is 0 Å². The number of hydrogen-bond donors (Lipinski definition) is 2. The summed E-state index contributed by atoms with van der Waals surface area (Å²) in [7, 11) is 1.20. The van der Waals surface area contributed by atoms with Crippen LogP contribution in [0.15, 0.2) is 46.9 Å². The van der Waals surface area contributed by atoms with Gasteiger partial charge in [0, 0.05) is 0 Å². The Hall–Kier alpha value is -3.42. The van der Waals surface area contributed by atoms with Crippen molar-refractivity contribution in [2.24, 2.45) is 5.92 Å². The predicted octanol–water partition coefficient (Wildman–Crippen LogP) is 2.14. The minimum Gasteiger partial charge on any atom is -0.463 e. The number of amides is 2. The Morgan fingerprint density at radius 1 is 1.03 bits per heavy atom. The summed E-state index contributed by atoms with van der Waals surface area (Å²) in [5.74, 6) is -1.95. The van der Waals surface area contributed by atoms with Crippen LogP contribution in [-0.4, -0.2) is 43.3 Å². The molecule has 0 aliphatic heterocycles. The molecule has 1 unspecified atom stereocenters. The number of methoxy groups -OCH3 is 1. The van der Waals surface area contributed by atoms with Crippen molar-refractivity contribution in [2.75, 3.05) is 7.11 Å². The van der Waals surface area contributed by atoms with Gasteiger partial charge in [-0.15, -0.1) is 0 Å². The van der Waals surface area contributed by atoms with Crippen LogP contribution >= 0.6 is 0 Å². The molecule has 2 aromatic rings. The Balaban J connectivity index is 2.06. The van der Waals surface area contributed by atoms with Crippen LogP contribution < -0.4 is 10.6 Å². The van der Waals surface area contributed by atoms with Crippen LogP contribution in [0.2, 0.25) is 0 Å². The first kappa shape index (κ1) is 22.9. The largest absolute Gasteiger partial charge is 0.463 e. The molecule has 0 saturated carbocycles. The third-order valence-electron chi connectivity index (χ3n) is 4.34. The summed E-state index contributed by atoms with van der Waals surface area (Å²) in [6.45, 7) is 3.83. The van der Waals surface area contributed by atoms with Crippen molar-refractivity contribution in [2.45, 2.75) is 38.8 Å². The molecule has 2 amide bonds. The van der Waals surface area contributed by atoms with Gasteiger partial charge in [0.2, 0.25) is 11.7 Å². The van der Waals surface area contributed by atoms with Gasteiger partial charge in [0.1, 0.15) is 12.3 Å². The molecule has 160 valence electrons. The number of benzene rings is 1. The van der Waals surface area contributed by atoms with E-state index < -0.39 is 29.9 Å². The van der Waals surface area contributed by atoms with Gasteiger partial charge in [-0.05, 0) is 36.5 Å². The SMILES string of the molecule is COC(=O)c1ccc(C(=O)N[C@@H](CC(C)C)C(=O)NC(C=O)Cc2ccccc2)o1.